The van der Waals surface area contributed by atoms with E-state index in [1.807, 2.05) is 25.7 Å². The SMILES string of the molecule is CCC(CSC)N(C)CC(C)C(=O)c1ccccc1F. The molecule has 4 heteroatoms. The van der Waals surface area contributed by atoms with E-state index in [-0.39, 0.29) is 17.3 Å². The van der Waals surface area contributed by atoms with Gasteiger partial charge in [0.15, 0.2) is 5.78 Å². The van der Waals surface area contributed by atoms with Crippen molar-refractivity contribution in [3.63, 3.8) is 0 Å². The maximum atomic E-state index is 13.6. The smallest absolute Gasteiger partial charge is 0.169 e. The van der Waals surface area contributed by atoms with Crippen molar-refractivity contribution in [2.45, 2.75) is 26.3 Å². The van der Waals surface area contributed by atoms with E-state index >= 15 is 0 Å². The van der Waals surface area contributed by atoms with Crippen LogP contribution in [0.25, 0.3) is 0 Å². The molecule has 0 aliphatic rings. The van der Waals surface area contributed by atoms with Crippen LogP contribution in [0.2, 0.25) is 0 Å². The van der Waals surface area contributed by atoms with Gasteiger partial charge in [-0.25, -0.2) is 4.39 Å². The van der Waals surface area contributed by atoms with Crippen LogP contribution >= 0.6 is 11.8 Å². The first-order valence-corrected chi connectivity index (χ1v) is 8.38. The number of halogens is 1. The molecule has 0 bridgehead atoms. The van der Waals surface area contributed by atoms with Crippen LogP contribution in [0, 0.1) is 11.7 Å². The highest BCUT2D eigenvalue weighted by atomic mass is 32.2. The molecule has 1 aromatic carbocycles. The second-order valence-electron chi connectivity index (χ2n) is 5.20. The van der Waals surface area contributed by atoms with Gasteiger partial charge in [-0.2, -0.15) is 11.8 Å². The molecule has 0 saturated carbocycles. The fraction of sp³-hybridized carbons (Fsp3) is 0.562. The van der Waals surface area contributed by atoms with Crippen LogP contribution in [0.3, 0.4) is 0 Å². The maximum absolute atomic E-state index is 13.6. The molecule has 1 aromatic rings. The summed E-state index contributed by atoms with van der Waals surface area (Å²) >= 11 is 1.81. The molecular formula is C16H24FNOS. The lowest BCUT2D eigenvalue weighted by Gasteiger charge is -2.28. The van der Waals surface area contributed by atoms with Gasteiger partial charge in [0, 0.05) is 24.3 Å². The Labute approximate surface area is 125 Å². The number of carbonyl (C=O) groups is 1. The Kier molecular flexibility index (Phi) is 7.24. The molecule has 0 fully saturated rings. The third kappa shape index (κ3) is 4.60. The lowest BCUT2D eigenvalue weighted by molar-refractivity contribution is 0.0886. The molecule has 0 N–H and O–H groups in total. The van der Waals surface area contributed by atoms with Gasteiger partial charge in [-0.1, -0.05) is 26.0 Å². The van der Waals surface area contributed by atoms with Crippen LogP contribution in [0.15, 0.2) is 24.3 Å². The summed E-state index contributed by atoms with van der Waals surface area (Å²) in [6.07, 6.45) is 3.14. The summed E-state index contributed by atoms with van der Waals surface area (Å²) in [5.41, 5.74) is 0.200. The molecule has 2 nitrogen and oxygen atoms in total. The summed E-state index contributed by atoms with van der Waals surface area (Å²) in [5.74, 6) is 0.304. The lowest BCUT2D eigenvalue weighted by Crippen LogP contribution is -2.38. The fourth-order valence-corrected chi connectivity index (χ4v) is 3.21. The Balaban J connectivity index is 2.68. The van der Waals surface area contributed by atoms with E-state index in [9.17, 15) is 9.18 Å². The molecule has 0 saturated heterocycles. The van der Waals surface area contributed by atoms with E-state index < -0.39 is 5.82 Å². The highest BCUT2D eigenvalue weighted by Crippen LogP contribution is 2.16. The third-order valence-corrected chi connectivity index (χ3v) is 4.32. The molecule has 0 aromatic heterocycles. The molecule has 0 aliphatic carbocycles. The van der Waals surface area contributed by atoms with Crippen LogP contribution in [0.4, 0.5) is 4.39 Å². The van der Waals surface area contributed by atoms with Crippen molar-refractivity contribution in [3.05, 3.63) is 35.6 Å². The van der Waals surface area contributed by atoms with Gasteiger partial charge in [0.25, 0.3) is 0 Å². The number of hydrogen-bond acceptors (Lipinski definition) is 3. The highest BCUT2D eigenvalue weighted by molar-refractivity contribution is 7.98. The second-order valence-corrected chi connectivity index (χ2v) is 6.11. The van der Waals surface area contributed by atoms with Gasteiger partial charge in [-0.3, -0.25) is 4.79 Å². The first kappa shape index (κ1) is 17.2. The van der Waals surface area contributed by atoms with Crippen molar-refractivity contribution in [2.24, 2.45) is 5.92 Å². The lowest BCUT2D eigenvalue weighted by atomic mass is 9.98. The number of thioether (sulfide) groups is 1. The number of Topliss-reactive ketones (excluding diaryl/α,β-unsaturated/α-hetero) is 1. The van der Waals surface area contributed by atoms with E-state index in [2.05, 4.69) is 18.1 Å². The van der Waals surface area contributed by atoms with Crippen molar-refractivity contribution < 1.29 is 9.18 Å². The molecule has 2 atom stereocenters. The fourth-order valence-electron chi connectivity index (χ4n) is 2.34. The molecule has 20 heavy (non-hydrogen) atoms. The van der Waals surface area contributed by atoms with Crippen molar-refractivity contribution in [1.82, 2.24) is 4.90 Å². The molecule has 0 aliphatic heterocycles. The summed E-state index contributed by atoms with van der Waals surface area (Å²) in [5, 5.41) is 0. The summed E-state index contributed by atoms with van der Waals surface area (Å²) in [4.78, 5) is 14.5. The largest absolute Gasteiger partial charge is 0.302 e. The summed E-state index contributed by atoms with van der Waals surface area (Å²) in [6.45, 7) is 4.68. The topological polar surface area (TPSA) is 20.3 Å². The van der Waals surface area contributed by atoms with Crippen molar-refractivity contribution in [3.8, 4) is 0 Å². The predicted molar refractivity (Wildman–Crippen MR) is 85.0 cm³/mol. The number of ketones is 1. The van der Waals surface area contributed by atoms with Gasteiger partial charge in [-0.15, -0.1) is 0 Å². The molecular weight excluding hydrogens is 273 g/mol. The molecule has 112 valence electrons. The van der Waals surface area contributed by atoms with Crippen LogP contribution in [-0.2, 0) is 0 Å². The van der Waals surface area contributed by atoms with Crippen LogP contribution in [-0.4, -0.2) is 42.3 Å². The van der Waals surface area contributed by atoms with Gasteiger partial charge in [0.05, 0.1) is 5.56 Å². The van der Waals surface area contributed by atoms with Crippen molar-refractivity contribution >= 4 is 17.5 Å². The van der Waals surface area contributed by atoms with E-state index in [1.54, 1.807) is 18.2 Å². The minimum atomic E-state index is -0.428. The van der Waals surface area contributed by atoms with Gasteiger partial charge < -0.3 is 4.90 Å². The van der Waals surface area contributed by atoms with E-state index in [4.69, 9.17) is 0 Å². The molecule has 2 unspecified atom stereocenters. The highest BCUT2D eigenvalue weighted by Gasteiger charge is 2.22. The zero-order valence-electron chi connectivity index (χ0n) is 12.7. The quantitative estimate of drug-likeness (QED) is 0.682. The molecule has 0 radical (unpaired) electrons. The van der Waals surface area contributed by atoms with Crippen molar-refractivity contribution in [1.29, 1.82) is 0 Å². The van der Waals surface area contributed by atoms with Gasteiger partial charge >= 0.3 is 0 Å². The van der Waals surface area contributed by atoms with E-state index in [1.165, 1.54) is 6.07 Å². The zero-order chi connectivity index (χ0) is 15.1. The van der Waals surface area contributed by atoms with E-state index in [0.717, 1.165) is 12.2 Å². The summed E-state index contributed by atoms with van der Waals surface area (Å²) in [6, 6.07) is 6.67. The zero-order valence-corrected chi connectivity index (χ0v) is 13.5. The third-order valence-electron chi connectivity index (χ3n) is 3.60. The molecule has 0 heterocycles. The predicted octanol–water partition coefficient (Wildman–Crippen LogP) is 3.72. The van der Waals surface area contributed by atoms with Gasteiger partial charge in [0.2, 0.25) is 0 Å². The standard InChI is InChI=1S/C16H24FNOS/c1-5-13(11-20-4)18(3)10-12(2)16(19)14-8-6-7-9-15(14)17/h6-9,12-13H,5,10-11H2,1-4H3. The number of carbonyl (C=O) groups excluding carboxylic acids is 1. The Bertz CT molecular complexity index is 438. The first-order chi connectivity index (χ1) is 9.51. The molecule has 1 rings (SSSR count). The minimum absolute atomic E-state index is 0.117. The number of benzene rings is 1. The van der Waals surface area contributed by atoms with Crippen molar-refractivity contribution in [2.75, 3.05) is 25.6 Å². The van der Waals surface area contributed by atoms with Crippen LogP contribution in [0.1, 0.15) is 30.6 Å². The Hall–Kier alpha value is -0.870. The molecule has 0 spiro atoms. The maximum Gasteiger partial charge on any atom is 0.169 e. The number of nitrogens with zero attached hydrogens (tertiary/aromatic N) is 1. The number of rotatable bonds is 8. The number of hydrogen-bond donors (Lipinski definition) is 0. The average molecular weight is 297 g/mol. The van der Waals surface area contributed by atoms with E-state index in [0.29, 0.717) is 12.6 Å². The Morgan fingerprint density at radius 1 is 1.40 bits per heavy atom. The van der Waals surface area contributed by atoms with Gasteiger partial charge in [-0.05, 0) is 31.9 Å². The average Bonchev–Trinajstić information content (AvgIpc) is 2.44. The minimum Gasteiger partial charge on any atom is -0.302 e. The molecule has 0 amide bonds. The monoisotopic (exact) mass is 297 g/mol. The van der Waals surface area contributed by atoms with Crippen LogP contribution in [0.5, 0.6) is 0 Å². The van der Waals surface area contributed by atoms with Crippen LogP contribution < -0.4 is 0 Å². The second kappa shape index (κ2) is 8.42. The Morgan fingerprint density at radius 2 is 2.05 bits per heavy atom. The normalized spacial score (nSPS) is 14.3. The first-order valence-electron chi connectivity index (χ1n) is 6.99. The summed E-state index contributed by atoms with van der Waals surface area (Å²) < 4.78 is 13.6. The Morgan fingerprint density at radius 3 is 2.60 bits per heavy atom. The van der Waals surface area contributed by atoms with Gasteiger partial charge in [0.1, 0.15) is 5.82 Å². The summed E-state index contributed by atoms with van der Waals surface area (Å²) in [7, 11) is 2.04.